The van der Waals surface area contributed by atoms with Crippen molar-refractivity contribution in [2.75, 3.05) is 20.1 Å². The molecule has 0 saturated carbocycles. The van der Waals surface area contributed by atoms with Gasteiger partial charge in [0.2, 0.25) is 10.0 Å². The van der Waals surface area contributed by atoms with Gasteiger partial charge in [-0.15, -0.1) is 12.4 Å². The van der Waals surface area contributed by atoms with Crippen LogP contribution in [0.4, 0.5) is 4.39 Å². The number of nitrogens with zero attached hydrogens (tertiary/aromatic N) is 1. The number of sulfonamides is 1. The number of nitrogens with one attached hydrogen (secondary N) is 1. The first-order valence-corrected chi connectivity index (χ1v) is 7.41. The summed E-state index contributed by atoms with van der Waals surface area (Å²) in [5, 5.41) is 2.99. The molecule has 0 spiro atoms. The maximum Gasteiger partial charge on any atom is 0.243 e. The lowest BCUT2D eigenvalue weighted by atomic mass is 10.2. The molecule has 4 nitrogen and oxygen atoms in total. The fourth-order valence-corrected chi connectivity index (χ4v) is 4.05. The van der Waals surface area contributed by atoms with E-state index >= 15 is 0 Å². The van der Waals surface area contributed by atoms with Crippen LogP contribution in [0, 0.1) is 5.82 Å². The predicted octanol–water partition coefficient (Wildman–Crippen LogP) is 1.62. The molecule has 1 saturated heterocycles. The summed E-state index contributed by atoms with van der Waals surface area (Å²) in [6, 6.07) is 5.14. The number of halogens is 2. The summed E-state index contributed by atoms with van der Waals surface area (Å²) in [4.78, 5) is 0.0329. The van der Waals surface area contributed by atoms with Crippen LogP contribution in [0.1, 0.15) is 12.8 Å². The summed E-state index contributed by atoms with van der Waals surface area (Å²) >= 11 is 0. The molecule has 2 rings (SSSR count). The van der Waals surface area contributed by atoms with Gasteiger partial charge in [0.1, 0.15) is 5.82 Å². The lowest BCUT2D eigenvalue weighted by Gasteiger charge is -2.23. The normalized spacial score (nSPS) is 20.2. The van der Waals surface area contributed by atoms with E-state index in [2.05, 4.69) is 5.32 Å². The molecule has 0 bridgehead atoms. The van der Waals surface area contributed by atoms with Crippen molar-refractivity contribution in [3.8, 4) is 0 Å². The molecular weight excluding hydrogens is 291 g/mol. The summed E-state index contributed by atoms with van der Waals surface area (Å²) in [5.41, 5.74) is 0. The third kappa shape index (κ3) is 3.45. The number of hydrogen-bond donors (Lipinski definition) is 1. The zero-order valence-corrected chi connectivity index (χ0v) is 12.3. The highest BCUT2D eigenvalue weighted by molar-refractivity contribution is 7.89. The molecule has 1 atom stereocenters. The number of benzene rings is 1. The Kier molecular flexibility index (Phi) is 5.73. The van der Waals surface area contributed by atoms with Crippen molar-refractivity contribution in [2.45, 2.75) is 23.8 Å². The number of likely N-dealkylation sites (N-methyl/N-ethyl adjacent to an activating group) is 1. The third-order valence-corrected chi connectivity index (χ3v) is 5.11. The Morgan fingerprint density at radius 3 is 2.84 bits per heavy atom. The van der Waals surface area contributed by atoms with Crippen LogP contribution in [0.2, 0.25) is 0 Å². The van der Waals surface area contributed by atoms with E-state index in [9.17, 15) is 12.8 Å². The number of rotatable bonds is 4. The van der Waals surface area contributed by atoms with Crippen molar-refractivity contribution in [1.82, 2.24) is 9.62 Å². The maximum atomic E-state index is 13.1. The fourth-order valence-electron chi connectivity index (χ4n) is 2.33. The van der Waals surface area contributed by atoms with Crippen LogP contribution < -0.4 is 5.32 Å². The first-order chi connectivity index (χ1) is 8.55. The molecule has 1 fully saturated rings. The molecule has 19 heavy (non-hydrogen) atoms. The van der Waals surface area contributed by atoms with E-state index in [0.29, 0.717) is 13.1 Å². The summed E-state index contributed by atoms with van der Waals surface area (Å²) in [6.07, 6.45) is 1.69. The Hall–Kier alpha value is -0.690. The Labute approximate surface area is 119 Å². The maximum absolute atomic E-state index is 13.1. The average Bonchev–Trinajstić information content (AvgIpc) is 2.78. The monoisotopic (exact) mass is 308 g/mol. The van der Waals surface area contributed by atoms with E-state index in [1.165, 1.54) is 22.5 Å². The highest BCUT2D eigenvalue weighted by atomic mass is 35.5. The van der Waals surface area contributed by atoms with Crippen molar-refractivity contribution in [3.05, 3.63) is 30.1 Å². The minimum absolute atomic E-state index is 0. The molecule has 1 unspecified atom stereocenters. The van der Waals surface area contributed by atoms with Crippen LogP contribution >= 0.6 is 12.4 Å². The molecule has 0 amide bonds. The van der Waals surface area contributed by atoms with Crippen LogP contribution in [-0.4, -0.2) is 38.9 Å². The van der Waals surface area contributed by atoms with E-state index in [-0.39, 0.29) is 23.3 Å². The van der Waals surface area contributed by atoms with Gasteiger partial charge in [-0.2, -0.15) is 4.31 Å². The molecule has 1 heterocycles. The average molecular weight is 309 g/mol. The van der Waals surface area contributed by atoms with E-state index in [1.807, 2.05) is 0 Å². The minimum Gasteiger partial charge on any atom is -0.318 e. The van der Waals surface area contributed by atoms with Crippen molar-refractivity contribution in [3.63, 3.8) is 0 Å². The van der Waals surface area contributed by atoms with E-state index < -0.39 is 15.8 Å². The Balaban J connectivity index is 0.00000180. The summed E-state index contributed by atoms with van der Waals surface area (Å²) < 4.78 is 39.4. The Bertz CT molecular complexity index is 524. The zero-order chi connectivity index (χ0) is 13.2. The molecule has 1 aromatic rings. The summed E-state index contributed by atoms with van der Waals surface area (Å²) in [6.45, 7) is 1.12. The lowest BCUT2D eigenvalue weighted by molar-refractivity contribution is 0.379. The SMILES string of the molecule is CNCC1CCCN1S(=O)(=O)c1cccc(F)c1.Cl. The van der Waals surface area contributed by atoms with Gasteiger partial charge >= 0.3 is 0 Å². The van der Waals surface area contributed by atoms with Gasteiger partial charge in [-0.05, 0) is 38.1 Å². The first kappa shape index (κ1) is 16.4. The molecule has 0 radical (unpaired) electrons. The smallest absolute Gasteiger partial charge is 0.243 e. The fraction of sp³-hybridized carbons (Fsp3) is 0.500. The van der Waals surface area contributed by atoms with Crippen molar-refractivity contribution in [2.24, 2.45) is 0 Å². The van der Waals surface area contributed by atoms with Crippen molar-refractivity contribution >= 4 is 22.4 Å². The minimum atomic E-state index is -3.58. The van der Waals surface area contributed by atoms with Gasteiger partial charge in [-0.3, -0.25) is 0 Å². The number of hydrogen-bond acceptors (Lipinski definition) is 3. The second-order valence-electron chi connectivity index (χ2n) is 4.43. The van der Waals surface area contributed by atoms with Crippen LogP contribution in [0.5, 0.6) is 0 Å². The van der Waals surface area contributed by atoms with Gasteiger partial charge in [0.05, 0.1) is 4.90 Å². The summed E-state index contributed by atoms with van der Waals surface area (Å²) in [7, 11) is -1.78. The Morgan fingerprint density at radius 2 is 2.21 bits per heavy atom. The second-order valence-corrected chi connectivity index (χ2v) is 6.32. The van der Waals surface area contributed by atoms with E-state index in [4.69, 9.17) is 0 Å². The van der Waals surface area contributed by atoms with Crippen molar-refractivity contribution in [1.29, 1.82) is 0 Å². The third-order valence-electron chi connectivity index (χ3n) is 3.17. The van der Waals surface area contributed by atoms with Crippen LogP contribution in [-0.2, 0) is 10.0 Å². The van der Waals surface area contributed by atoms with Gasteiger partial charge in [0.15, 0.2) is 0 Å². The predicted molar refractivity (Wildman–Crippen MR) is 74.5 cm³/mol. The van der Waals surface area contributed by atoms with E-state index in [1.54, 1.807) is 7.05 Å². The molecule has 0 aromatic heterocycles. The zero-order valence-electron chi connectivity index (χ0n) is 10.7. The molecule has 1 aliphatic rings. The first-order valence-electron chi connectivity index (χ1n) is 5.97. The lowest BCUT2D eigenvalue weighted by Crippen LogP contribution is -2.40. The molecule has 1 aromatic carbocycles. The van der Waals surface area contributed by atoms with Gasteiger partial charge < -0.3 is 5.32 Å². The van der Waals surface area contributed by atoms with Gasteiger partial charge in [0, 0.05) is 19.1 Å². The highest BCUT2D eigenvalue weighted by Gasteiger charge is 2.34. The summed E-state index contributed by atoms with van der Waals surface area (Å²) in [5.74, 6) is -0.527. The topological polar surface area (TPSA) is 49.4 Å². The van der Waals surface area contributed by atoms with Gasteiger partial charge in [0.25, 0.3) is 0 Å². The van der Waals surface area contributed by atoms with Crippen LogP contribution in [0.25, 0.3) is 0 Å². The van der Waals surface area contributed by atoms with Gasteiger partial charge in [-0.1, -0.05) is 6.07 Å². The molecule has 7 heteroatoms. The van der Waals surface area contributed by atoms with Crippen molar-refractivity contribution < 1.29 is 12.8 Å². The molecular formula is C12H18ClFN2O2S. The highest BCUT2D eigenvalue weighted by Crippen LogP contribution is 2.25. The largest absolute Gasteiger partial charge is 0.318 e. The van der Waals surface area contributed by atoms with Gasteiger partial charge in [-0.25, -0.2) is 12.8 Å². The second kappa shape index (κ2) is 6.65. The standard InChI is InChI=1S/C12H17FN2O2S.ClH/c1-14-9-11-5-3-7-15(11)18(16,17)12-6-2-4-10(13)8-12;/h2,4,6,8,11,14H,3,5,7,9H2,1H3;1H. The van der Waals surface area contributed by atoms with Crippen LogP contribution in [0.15, 0.2) is 29.2 Å². The molecule has 0 aliphatic carbocycles. The quantitative estimate of drug-likeness (QED) is 0.919. The molecule has 1 aliphatic heterocycles. The Morgan fingerprint density at radius 1 is 1.47 bits per heavy atom. The molecule has 1 N–H and O–H groups in total. The van der Waals surface area contributed by atoms with E-state index in [0.717, 1.165) is 18.9 Å². The molecule has 108 valence electrons. The van der Waals surface area contributed by atoms with Crippen LogP contribution in [0.3, 0.4) is 0 Å².